The van der Waals surface area contributed by atoms with Crippen molar-refractivity contribution >= 4 is 12.4 Å². The van der Waals surface area contributed by atoms with Gasteiger partial charge < -0.3 is 5.11 Å². The summed E-state index contributed by atoms with van der Waals surface area (Å²) >= 11 is 0. The van der Waals surface area contributed by atoms with E-state index in [1.165, 1.54) is 0 Å². The minimum absolute atomic E-state index is 0. The number of hydrogen-bond acceptors (Lipinski definition) is 1. The molecule has 0 aliphatic rings. The lowest BCUT2D eigenvalue weighted by atomic mass is 10.2. The third kappa shape index (κ3) is 2.38. The molecule has 0 fully saturated rings. The van der Waals surface area contributed by atoms with E-state index in [1.807, 2.05) is 0 Å². The lowest BCUT2D eigenvalue weighted by molar-refractivity contribution is 0.475. The van der Waals surface area contributed by atoms with E-state index in [2.05, 4.69) is 6.92 Å². The van der Waals surface area contributed by atoms with E-state index in [9.17, 15) is 0 Å². The Kier molecular flexibility index (Phi) is 3.10. The molecule has 1 aromatic rings. The molecule has 1 nitrogen and oxygen atoms in total. The molecule has 0 aliphatic carbocycles. The van der Waals surface area contributed by atoms with Crippen LogP contribution < -0.4 is 0 Å². The van der Waals surface area contributed by atoms with Gasteiger partial charge in [-0.15, -0.1) is 12.4 Å². The fraction of sp³-hybridized carbons (Fsp3) is 0. The molecular formula is C7H8ClO. The van der Waals surface area contributed by atoms with E-state index in [-0.39, 0.29) is 18.2 Å². The van der Waals surface area contributed by atoms with Crippen molar-refractivity contribution in [1.29, 1.82) is 0 Å². The van der Waals surface area contributed by atoms with Gasteiger partial charge in [0.25, 0.3) is 0 Å². The van der Waals surface area contributed by atoms with Crippen molar-refractivity contribution in [2.75, 3.05) is 0 Å². The van der Waals surface area contributed by atoms with Gasteiger partial charge in [-0.05, 0) is 24.6 Å². The third-order valence-electron chi connectivity index (χ3n) is 0.936. The summed E-state index contributed by atoms with van der Waals surface area (Å²) in [5, 5.41) is 8.73. The van der Waals surface area contributed by atoms with Gasteiger partial charge in [0.15, 0.2) is 0 Å². The van der Waals surface area contributed by atoms with Crippen LogP contribution in [0.25, 0.3) is 0 Å². The molecule has 0 atom stereocenters. The largest absolute Gasteiger partial charge is 0.508 e. The zero-order valence-electron chi connectivity index (χ0n) is 4.87. The monoisotopic (exact) mass is 143 g/mol. The van der Waals surface area contributed by atoms with E-state index >= 15 is 0 Å². The summed E-state index contributed by atoms with van der Waals surface area (Å²) in [7, 11) is 0. The molecule has 0 spiro atoms. The lowest BCUT2D eigenvalue weighted by Crippen LogP contribution is -1.66. The van der Waals surface area contributed by atoms with Gasteiger partial charge in [-0.1, -0.05) is 12.1 Å². The Morgan fingerprint density at radius 1 is 1.11 bits per heavy atom. The predicted octanol–water partition coefficient (Wildman–Crippen LogP) is 2.00. The zero-order valence-corrected chi connectivity index (χ0v) is 5.69. The Morgan fingerprint density at radius 2 is 1.56 bits per heavy atom. The van der Waals surface area contributed by atoms with Crippen LogP contribution in [0.5, 0.6) is 5.75 Å². The molecule has 0 bridgehead atoms. The Morgan fingerprint density at radius 3 is 1.89 bits per heavy atom. The minimum atomic E-state index is 0. The van der Waals surface area contributed by atoms with Gasteiger partial charge in [0, 0.05) is 0 Å². The molecule has 1 N–H and O–H groups in total. The molecule has 0 amide bonds. The Labute approximate surface area is 60.7 Å². The summed E-state index contributed by atoms with van der Waals surface area (Å²) in [4.78, 5) is 0. The summed E-state index contributed by atoms with van der Waals surface area (Å²) in [6, 6.07) is 6.75. The second-order valence-electron chi connectivity index (χ2n) is 1.67. The maximum atomic E-state index is 8.73. The fourth-order valence-corrected chi connectivity index (χ4v) is 0.496. The fourth-order valence-electron chi connectivity index (χ4n) is 0.496. The van der Waals surface area contributed by atoms with Gasteiger partial charge in [0.05, 0.1) is 0 Å². The summed E-state index contributed by atoms with van der Waals surface area (Å²) in [6.07, 6.45) is 0. The van der Waals surface area contributed by atoms with Gasteiger partial charge in [-0.3, -0.25) is 0 Å². The number of rotatable bonds is 0. The molecule has 0 saturated carbocycles. The van der Waals surface area contributed by atoms with Gasteiger partial charge in [0.1, 0.15) is 5.75 Å². The first-order valence-electron chi connectivity index (χ1n) is 2.40. The molecule has 0 aromatic heterocycles. The highest BCUT2D eigenvalue weighted by Crippen LogP contribution is 2.07. The standard InChI is InChI=1S/C7H7O.ClH/c1-6-2-4-7(8)5-3-6;/h2-5,8H,1H2;1H. The van der Waals surface area contributed by atoms with Crippen molar-refractivity contribution in [3.63, 3.8) is 0 Å². The molecule has 0 aliphatic heterocycles. The van der Waals surface area contributed by atoms with E-state index in [1.54, 1.807) is 24.3 Å². The van der Waals surface area contributed by atoms with Crippen LogP contribution in [-0.4, -0.2) is 5.11 Å². The highest BCUT2D eigenvalue weighted by atomic mass is 35.5. The van der Waals surface area contributed by atoms with Gasteiger partial charge in [-0.25, -0.2) is 0 Å². The quantitative estimate of drug-likeness (QED) is 0.589. The average Bonchev–Trinajstić information content (AvgIpc) is 1.77. The molecule has 49 valence electrons. The first-order valence-corrected chi connectivity index (χ1v) is 2.40. The van der Waals surface area contributed by atoms with Crippen molar-refractivity contribution in [3.8, 4) is 5.75 Å². The van der Waals surface area contributed by atoms with Crippen molar-refractivity contribution < 1.29 is 5.11 Å². The molecule has 1 radical (unpaired) electrons. The van der Waals surface area contributed by atoms with Crippen molar-refractivity contribution in [3.05, 3.63) is 36.8 Å². The van der Waals surface area contributed by atoms with Crippen molar-refractivity contribution in [2.45, 2.75) is 0 Å². The highest BCUT2D eigenvalue weighted by molar-refractivity contribution is 5.85. The molecule has 0 saturated heterocycles. The molecule has 1 aromatic carbocycles. The van der Waals surface area contributed by atoms with E-state index in [0.717, 1.165) is 5.56 Å². The van der Waals surface area contributed by atoms with Crippen molar-refractivity contribution in [2.24, 2.45) is 0 Å². The Hall–Kier alpha value is -0.690. The number of phenols is 1. The maximum Gasteiger partial charge on any atom is 0.115 e. The van der Waals surface area contributed by atoms with Crippen LogP contribution in [0.1, 0.15) is 5.56 Å². The SMILES string of the molecule is Cl.[CH2]c1ccc(O)cc1. The molecule has 0 unspecified atom stereocenters. The van der Waals surface area contributed by atoms with E-state index < -0.39 is 0 Å². The third-order valence-corrected chi connectivity index (χ3v) is 0.936. The normalized spacial score (nSPS) is 8.11. The number of benzene rings is 1. The Balaban J connectivity index is 0.000000640. The Bertz CT molecular complexity index is 148. The van der Waals surface area contributed by atoms with E-state index in [4.69, 9.17) is 5.11 Å². The predicted molar refractivity (Wildman–Crippen MR) is 39.8 cm³/mol. The van der Waals surface area contributed by atoms with Gasteiger partial charge in [0.2, 0.25) is 0 Å². The van der Waals surface area contributed by atoms with Crippen LogP contribution in [0.4, 0.5) is 0 Å². The van der Waals surface area contributed by atoms with Crippen LogP contribution in [0.15, 0.2) is 24.3 Å². The first kappa shape index (κ1) is 8.31. The summed E-state index contributed by atoms with van der Waals surface area (Å²) in [5.74, 6) is 0.289. The second-order valence-corrected chi connectivity index (χ2v) is 1.67. The van der Waals surface area contributed by atoms with Crippen molar-refractivity contribution in [1.82, 2.24) is 0 Å². The topological polar surface area (TPSA) is 20.2 Å². The number of hydrogen-bond donors (Lipinski definition) is 1. The zero-order chi connectivity index (χ0) is 5.98. The van der Waals surface area contributed by atoms with E-state index in [0.29, 0.717) is 0 Å². The van der Waals surface area contributed by atoms with Crippen LogP contribution >= 0.6 is 12.4 Å². The average molecular weight is 144 g/mol. The highest BCUT2D eigenvalue weighted by Gasteiger charge is 1.82. The van der Waals surface area contributed by atoms with Gasteiger partial charge in [-0.2, -0.15) is 0 Å². The molecule has 9 heavy (non-hydrogen) atoms. The summed E-state index contributed by atoms with van der Waals surface area (Å²) in [5.41, 5.74) is 0.919. The lowest BCUT2D eigenvalue weighted by Gasteiger charge is -1.89. The second kappa shape index (κ2) is 3.36. The van der Waals surface area contributed by atoms with Crippen LogP contribution in [0, 0.1) is 6.92 Å². The van der Waals surface area contributed by atoms with Crippen LogP contribution in [0.3, 0.4) is 0 Å². The number of halogens is 1. The minimum Gasteiger partial charge on any atom is -0.508 e. The molecule has 0 heterocycles. The summed E-state index contributed by atoms with van der Waals surface area (Å²) in [6.45, 7) is 3.65. The smallest absolute Gasteiger partial charge is 0.115 e. The maximum absolute atomic E-state index is 8.73. The van der Waals surface area contributed by atoms with Gasteiger partial charge >= 0.3 is 0 Å². The first-order chi connectivity index (χ1) is 3.79. The van der Waals surface area contributed by atoms with Crippen LogP contribution in [-0.2, 0) is 0 Å². The van der Waals surface area contributed by atoms with Crippen LogP contribution in [0.2, 0.25) is 0 Å². The molecular weight excluding hydrogens is 136 g/mol. The number of phenolic OH excluding ortho intramolecular Hbond substituents is 1. The molecule has 2 heteroatoms. The molecule has 1 rings (SSSR count). The number of aromatic hydroxyl groups is 1. The summed E-state index contributed by atoms with van der Waals surface area (Å²) < 4.78 is 0.